The van der Waals surface area contributed by atoms with E-state index in [0.717, 1.165) is 17.9 Å². The van der Waals surface area contributed by atoms with Gasteiger partial charge in [-0.2, -0.15) is 0 Å². The molecule has 1 heterocycles. The number of carbonyl (C=O) groups is 1. The molecule has 0 aliphatic carbocycles. The molecule has 0 fully saturated rings. The van der Waals surface area contributed by atoms with Crippen LogP contribution in [0.5, 0.6) is 0 Å². The molecule has 1 aromatic heterocycles. The van der Waals surface area contributed by atoms with E-state index in [1.807, 2.05) is 31.1 Å². The summed E-state index contributed by atoms with van der Waals surface area (Å²) in [6, 6.07) is 10.2. The predicted octanol–water partition coefficient (Wildman–Crippen LogP) is 4.36. The molecule has 0 radical (unpaired) electrons. The van der Waals surface area contributed by atoms with Crippen LogP contribution in [0.3, 0.4) is 0 Å². The number of benzene rings is 1. The zero-order valence-electron chi connectivity index (χ0n) is 17.3. The SMILES string of the molecule is CC(C)c1cccc(C(C)C)c1Nc1ccnc(C(=O)NCCN(C)C)c1. The summed E-state index contributed by atoms with van der Waals surface area (Å²) in [5, 5.41) is 6.45. The number of carbonyl (C=O) groups excluding carboxylic acids is 1. The average molecular weight is 369 g/mol. The van der Waals surface area contributed by atoms with Crippen molar-refractivity contribution in [3.05, 3.63) is 53.3 Å². The Bertz CT molecular complexity index is 742. The van der Waals surface area contributed by atoms with Crippen LogP contribution in [0.25, 0.3) is 0 Å². The summed E-state index contributed by atoms with van der Waals surface area (Å²) in [4.78, 5) is 18.6. The molecule has 5 nitrogen and oxygen atoms in total. The van der Waals surface area contributed by atoms with Gasteiger partial charge in [-0.3, -0.25) is 9.78 Å². The largest absolute Gasteiger partial charge is 0.355 e. The molecule has 2 rings (SSSR count). The van der Waals surface area contributed by atoms with Crippen molar-refractivity contribution in [1.82, 2.24) is 15.2 Å². The van der Waals surface area contributed by atoms with Gasteiger partial charge in [-0.15, -0.1) is 0 Å². The highest BCUT2D eigenvalue weighted by atomic mass is 16.1. The van der Waals surface area contributed by atoms with Crippen LogP contribution < -0.4 is 10.6 Å². The van der Waals surface area contributed by atoms with Gasteiger partial charge in [0.15, 0.2) is 0 Å². The third-order valence-electron chi connectivity index (χ3n) is 4.48. The number of likely N-dealkylation sites (N-methyl/N-ethyl adjacent to an activating group) is 1. The van der Waals surface area contributed by atoms with E-state index in [9.17, 15) is 4.79 Å². The fourth-order valence-corrected chi connectivity index (χ4v) is 2.96. The summed E-state index contributed by atoms with van der Waals surface area (Å²) >= 11 is 0. The highest BCUT2D eigenvalue weighted by Gasteiger charge is 2.15. The van der Waals surface area contributed by atoms with Gasteiger partial charge in [0.1, 0.15) is 5.69 Å². The Morgan fingerprint density at radius 3 is 2.26 bits per heavy atom. The Morgan fingerprint density at radius 1 is 1.07 bits per heavy atom. The van der Waals surface area contributed by atoms with E-state index >= 15 is 0 Å². The molecular formula is C22H32N4O. The maximum absolute atomic E-state index is 12.4. The molecule has 1 amide bonds. The maximum atomic E-state index is 12.4. The van der Waals surface area contributed by atoms with Crippen molar-refractivity contribution < 1.29 is 4.79 Å². The number of nitrogens with one attached hydrogen (secondary N) is 2. The van der Waals surface area contributed by atoms with Crippen molar-refractivity contribution in [2.45, 2.75) is 39.5 Å². The minimum Gasteiger partial charge on any atom is -0.355 e. The van der Waals surface area contributed by atoms with Crippen LogP contribution in [0.1, 0.15) is 61.1 Å². The van der Waals surface area contributed by atoms with E-state index in [1.165, 1.54) is 11.1 Å². The molecule has 2 N–H and O–H groups in total. The zero-order valence-corrected chi connectivity index (χ0v) is 17.3. The van der Waals surface area contributed by atoms with Gasteiger partial charge >= 0.3 is 0 Å². The number of amides is 1. The molecule has 0 aliphatic rings. The van der Waals surface area contributed by atoms with Gasteiger partial charge in [0.05, 0.1) is 0 Å². The molecule has 1 aromatic carbocycles. The topological polar surface area (TPSA) is 57.3 Å². The molecule has 0 bridgehead atoms. The number of pyridine rings is 1. The molecule has 27 heavy (non-hydrogen) atoms. The van der Waals surface area contributed by atoms with E-state index in [2.05, 4.69) is 61.5 Å². The molecule has 146 valence electrons. The smallest absolute Gasteiger partial charge is 0.269 e. The molecule has 0 unspecified atom stereocenters. The molecule has 0 aliphatic heterocycles. The van der Waals surface area contributed by atoms with Gasteiger partial charge in [0, 0.05) is 30.7 Å². The molecule has 2 aromatic rings. The summed E-state index contributed by atoms with van der Waals surface area (Å²) in [6.07, 6.45) is 1.68. The highest BCUT2D eigenvalue weighted by Crippen LogP contribution is 2.34. The van der Waals surface area contributed by atoms with E-state index in [4.69, 9.17) is 0 Å². The maximum Gasteiger partial charge on any atom is 0.269 e. The van der Waals surface area contributed by atoms with Gasteiger partial charge in [-0.25, -0.2) is 0 Å². The summed E-state index contributed by atoms with van der Waals surface area (Å²) < 4.78 is 0. The monoisotopic (exact) mass is 368 g/mol. The normalized spacial score (nSPS) is 11.3. The molecule has 0 atom stereocenters. The second kappa shape index (κ2) is 9.51. The highest BCUT2D eigenvalue weighted by molar-refractivity contribution is 5.93. The van der Waals surface area contributed by atoms with Crippen LogP contribution in [0.2, 0.25) is 0 Å². The van der Waals surface area contributed by atoms with Gasteiger partial charge in [-0.1, -0.05) is 45.9 Å². The number of aromatic nitrogens is 1. The second-order valence-electron chi connectivity index (χ2n) is 7.73. The molecule has 5 heteroatoms. The third kappa shape index (κ3) is 5.79. The summed E-state index contributed by atoms with van der Waals surface area (Å²) in [5.74, 6) is 0.658. The zero-order chi connectivity index (χ0) is 20.0. The first-order chi connectivity index (χ1) is 12.8. The van der Waals surface area contributed by atoms with Crippen molar-refractivity contribution in [3.8, 4) is 0 Å². The van der Waals surface area contributed by atoms with Gasteiger partial charge in [0.25, 0.3) is 5.91 Å². The van der Waals surface area contributed by atoms with Crippen LogP contribution >= 0.6 is 0 Å². The summed E-state index contributed by atoms with van der Waals surface area (Å²) in [6.45, 7) is 10.2. The lowest BCUT2D eigenvalue weighted by molar-refractivity contribution is 0.0946. The van der Waals surface area contributed by atoms with Crippen molar-refractivity contribution in [2.75, 3.05) is 32.5 Å². The number of rotatable bonds is 8. The Kier molecular flexibility index (Phi) is 7.36. The van der Waals surface area contributed by atoms with Crippen LogP contribution in [-0.4, -0.2) is 43.0 Å². The predicted molar refractivity (Wildman–Crippen MR) is 113 cm³/mol. The fourth-order valence-electron chi connectivity index (χ4n) is 2.96. The Balaban J connectivity index is 2.25. The first kappa shape index (κ1) is 20.9. The van der Waals surface area contributed by atoms with Crippen molar-refractivity contribution >= 4 is 17.3 Å². The Morgan fingerprint density at radius 2 is 1.70 bits per heavy atom. The molecule has 0 saturated heterocycles. The third-order valence-corrected chi connectivity index (χ3v) is 4.48. The van der Waals surface area contributed by atoms with E-state index in [0.29, 0.717) is 24.1 Å². The lowest BCUT2D eigenvalue weighted by atomic mass is 9.92. The number of para-hydroxylation sites is 1. The number of hydrogen-bond acceptors (Lipinski definition) is 4. The molecular weight excluding hydrogens is 336 g/mol. The molecule has 0 saturated carbocycles. The lowest BCUT2D eigenvalue weighted by Crippen LogP contribution is -2.31. The van der Waals surface area contributed by atoms with E-state index in [-0.39, 0.29) is 5.91 Å². The first-order valence-corrected chi connectivity index (χ1v) is 9.58. The number of anilines is 2. The quantitative estimate of drug-likeness (QED) is 0.727. The second-order valence-corrected chi connectivity index (χ2v) is 7.73. The fraction of sp³-hybridized carbons (Fsp3) is 0.455. The minimum atomic E-state index is -0.151. The molecule has 0 spiro atoms. The first-order valence-electron chi connectivity index (χ1n) is 9.58. The number of nitrogens with zero attached hydrogens (tertiary/aromatic N) is 2. The van der Waals surface area contributed by atoms with Crippen molar-refractivity contribution in [2.24, 2.45) is 0 Å². The van der Waals surface area contributed by atoms with Gasteiger partial charge in [-0.05, 0) is 49.2 Å². The van der Waals surface area contributed by atoms with E-state index in [1.54, 1.807) is 6.20 Å². The van der Waals surface area contributed by atoms with Crippen LogP contribution in [0, 0.1) is 0 Å². The van der Waals surface area contributed by atoms with Gasteiger partial charge < -0.3 is 15.5 Å². The van der Waals surface area contributed by atoms with Crippen LogP contribution in [-0.2, 0) is 0 Å². The van der Waals surface area contributed by atoms with Gasteiger partial charge in [0.2, 0.25) is 0 Å². The summed E-state index contributed by atoms with van der Waals surface area (Å²) in [7, 11) is 3.96. The minimum absolute atomic E-state index is 0.151. The number of hydrogen-bond donors (Lipinski definition) is 2. The van der Waals surface area contributed by atoms with Crippen LogP contribution in [0.15, 0.2) is 36.5 Å². The van der Waals surface area contributed by atoms with Crippen molar-refractivity contribution in [3.63, 3.8) is 0 Å². The lowest BCUT2D eigenvalue weighted by Gasteiger charge is -2.21. The average Bonchev–Trinajstić information content (AvgIpc) is 2.61. The standard InChI is InChI=1S/C22H32N4O/c1-15(2)18-8-7-9-19(16(3)4)21(18)25-17-10-11-23-20(14-17)22(27)24-12-13-26(5)6/h7-11,14-16H,12-13H2,1-6H3,(H,23,25)(H,24,27). The van der Waals surface area contributed by atoms with Crippen LogP contribution in [0.4, 0.5) is 11.4 Å². The summed E-state index contributed by atoms with van der Waals surface area (Å²) in [5.41, 5.74) is 4.97. The Hall–Kier alpha value is -2.40. The Labute approximate surface area is 163 Å². The van der Waals surface area contributed by atoms with Crippen molar-refractivity contribution in [1.29, 1.82) is 0 Å². The van der Waals surface area contributed by atoms with E-state index < -0.39 is 0 Å².